The van der Waals surface area contributed by atoms with Gasteiger partial charge in [-0.05, 0) is 36.6 Å². The summed E-state index contributed by atoms with van der Waals surface area (Å²) < 4.78 is 85.0. The Morgan fingerprint density at radius 2 is 1.43 bits per heavy atom. The van der Waals surface area contributed by atoms with Crippen molar-refractivity contribution in [3.63, 3.8) is 0 Å². The van der Waals surface area contributed by atoms with Crippen molar-refractivity contribution >= 4 is 47.4 Å². The Kier molecular flexibility index (Phi) is 20.2. The fourth-order valence-electron chi connectivity index (χ4n) is 3.54. The van der Waals surface area contributed by atoms with Crippen LogP contribution in [0.25, 0.3) is 0 Å². The Labute approximate surface area is 244 Å². The van der Waals surface area contributed by atoms with E-state index in [2.05, 4.69) is 11.4 Å². The van der Waals surface area contributed by atoms with Gasteiger partial charge in [-0.15, -0.1) is 0 Å². The number of unbranched alkanes of at least 4 members (excludes halogenated alkanes) is 9. The molecule has 0 aliphatic heterocycles. The van der Waals surface area contributed by atoms with Crippen LogP contribution in [0, 0.1) is 0 Å². The Morgan fingerprint density at radius 3 is 1.95 bits per heavy atom. The number of halogens is 3. The van der Waals surface area contributed by atoms with Gasteiger partial charge in [0.25, 0.3) is 0 Å². The van der Waals surface area contributed by atoms with Crippen LogP contribution >= 0.6 is 8.03 Å². The third-order valence-electron chi connectivity index (χ3n) is 5.71. The van der Waals surface area contributed by atoms with E-state index in [1.165, 1.54) is 45.4 Å². The van der Waals surface area contributed by atoms with Crippen molar-refractivity contribution < 1.29 is 35.4 Å². The monoisotopic (exact) mass is 578 g/mol. The standard InChI is InChI=1S/C26H42F3O5PS.Na.H/c1-3-5-6-7-8-9-10-11-12-13-21-36(31,32)22-20-33-24-17-14-23(15-18-24)16-19-25(26(27,28)29)34-35(30)4-2;;/h14-15,17-19,35H,3-13,16,20-22H2,1-2H3;;. The van der Waals surface area contributed by atoms with Gasteiger partial charge in [0.2, 0.25) is 13.8 Å². The average molecular weight is 579 g/mol. The molecule has 0 heterocycles. The maximum absolute atomic E-state index is 13.0. The zero-order valence-corrected chi connectivity index (χ0v) is 23.4. The molecular formula is C26H43F3NaO5PS. The van der Waals surface area contributed by atoms with E-state index in [4.69, 9.17) is 4.74 Å². The zero-order chi connectivity index (χ0) is 26.9. The molecule has 0 saturated carbocycles. The van der Waals surface area contributed by atoms with Gasteiger partial charge in [-0.25, -0.2) is 8.42 Å². The van der Waals surface area contributed by atoms with Crippen LogP contribution in [0.2, 0.25) is 0 Å². The van der Waals surface area contributed by atoms with Crippen molar-refractivity contribution in [2.24, 2.45) is 0 Å². The summed E-state index contributed by atoms with van der Waals surface area (Å²) in [6.45, 7) is 3.73. The van der Waals surface area contributed by atoms with Crippen molar-refractivity contribution in [1.82, 2.24) is 0 Å². The predicted octanol–water partition coefficient (Wildman–Crippen LogP) is 7.25. The normalized spacial score (nSPS) is 13.2. The van der Waals surface area contributed by atoms with Gasteiger partial charge < -0.3 is 9.26 Å². The molecule has 0 aliphatic rings. The van der Waals surface area contributed by atoms with Gasteiger partial charge in [-0.2, -0.15) is 13.2 Å². The first-order valence-electron chi connectivity index (χ1n) is 13.0. The summed E-state index contributed by atoms with van der Waals surface area (Å²) in [4.78, 5) is 0. The van der Waals surface area contributed by atoms with E-state index >= 15 is 0 Å². The second kappa shape index (κ2) is 20.4. The van der Waals surface area contributed by atoms with Crippen LogP contribution in [-0.4, -0.2) is 68.4 Å². The van der Waals surface area contributed by atoms with Gasteiger partial charge in [-0.3, -0.25) is 4.57 Å². The van der Waals surface area contributed by atoms with E-state index in [1.54, 1.807) is 24.3 Å². The Bertz CT molecular complexity index is 890. The van der Waals surface area contributed by atoms with Crippen molar-refractivity contribution in [3.8, 4) is 5.75 Å². The number of allylic oxidation sites excluding steroid dienone is 2. The number of hydrogen-bond acceptors (Lipinski definition) is 5. The number of benzene rings is 1. The predicted molar refractivity (Wildman–Crippen MR) is 148 cm³/mol. The van der Waals surface area contributed by atoms with E-state index in [-0.39, 0.29) is 60.3 Å². The van der Waals surface area contributed by atoms with Crippen LogP contribution in [0.15, 0.2) is 36.1 Å². The molecule has 0 fully saturated rings. The quantitative estimate of drug-likeness (QED) is 0.0706. The second-order valence-electron chi connectivity index (χ2n) is 8.92. The SMILES string of the molecule is CCCCCCCCCCCCS(=O)(=O)CCOc1ccc(CC=C(O[PH](=O)CC)C(F)(F)F)cc1.[NaH]. The molecule has 0 N–H and O–H groups in total. The molecule has 1 atom stereocenters. The van der Waals surface area contributed by atoms with Gasteiger partial charge in [0, 0.05) is 6.16 Å². The summed E-state index contributed by atoms with van der Waals surface area (Å²) in [5.74, 6) is -0.717. The molecule has 210 valence electrons. The van der Waals surface area contributed by atoms with Crippen LogP contribution in [0.5, 0.6) is 5.75 Å². The van der Waals surface area contributed by atoms with Crippen LogP contribution in [-0.2, 0) is 25.3 Å². The minimum absolute atomic E-state index is 0. The fourth-order valence-corrected chi connectivity index (χ4v) is 5.31. The molecule has 11 heteroatoms. The summed E-state index contributed by atoms with van der Waals surface area (Å²) in [5, 5.41) is 0. The zero-order valence-electron chi connectivity index (χ0n) is 21.6. The van der Waals surface area contributed by atoms with Crippen molar-refractivity contribution in [2.45, 2.75) is 90.7 Å². The molecular weight excluding hydrogens is 535 g/mol. The van der Waals surface area contributed by atoms with Crippen LogP contribution in [0.1, 0.15) is 83.6 Å². The second-order valence-corrected chi connectivity index (χ2v) is 12.9. The van der Waals surface area contributed by atoms with Crippen LogP contribution < -0.4 is 4.74 Å². The first-order chi connectivity index (χ1) is 17.1. The number of sulfone groups is 1. The Balaban J connectivity index is 0.0000130. The van der Waals surface area contributed by atoms with Gasteiger partial charge in [-0.1, -0.05) is 83.8 Å². The maximum atomic E-state index is 13.0. The molecule has 0 aromatic heterocycles. The molecule has 1 unspecified atom stereocenters. The topological polar surface area (TPSA) is 69.7 Å². The summed E-state index contributed by atoms with van der Waals surface area (Å²) in [6.07, 6.45) is 7.57. The first-order valence-corrected chi connectivity index (χ1v) is 16.3. The van der Waals surface area contributed by atoms with E-state index in [9.17, 15) is 26.2 Å². The van der Waals surface area contributed by atoms with Gasteiger partial charge in [0.1, 0.15) is 12.4 Å². The van der Waals surface area contributed by atoms with Crippen LogP contribution in [0.3, 0.4) is 0 Å². The van der Waals surface area contributed by atoms with Gasteiger partial charge in [0.05, 0.1) is 11.5 Å². The summed E-state index contributed by atoms with van der Waals surface area (Å²) >= 11 is 0. The third-order valence-corrected chi connectivity index (χ3v) is 8.43. The molecule has 1 aromatic rings. The molecule has 0 aliphatic carbocycles. The number of rotatable bonds is 20. The first kappa shape index (κ1) is 36.5. The van der Waals surface area contributed by atoms with Gasteiger partial charge >= 0.3 is 35.7 Å². The number of alkyl halides is 3. The van der Waals surface area contributed by atoms with E-state index in [0.717, 1.165) is 25.3 Å². The van der Waals surface area contributed by atoms with E-state index in [0.29, 0.717) is 17.7 Å². The molecule has 5 nitrogen and oxygen atoms in total. The molecule has 0 radical (unpaired) electrons. The fraction of sp³-hybridized carbons (Fsp3) is 0.692. The Morgan fingerprint density at radius 1 is 0.892 bits per heavy atom. The van der Waals surface area contributed by atoms with Crippen molar-refractivity contribution in [1.29, 1.82) is 0 Å². The van der Waals surface area contributed by atoms with E-state index < -0.39 is 29.8 Å². The third kappa shape index (κ3) is 18.4. The summed E-state index contributed by atoms with van der Waals surface area (Å²) in [5.41, 5.74) is 0.581. The van der Waals surface area contributed by atoms with Crippen LogP contribution in [0.4, 0.5) is 13.2 Å². The van der Waals surface area contributed by atoms with Crippen molar-refractivity contribution in [2.75, 3.05) is 24.3 Å². The number of hydrogen-bond donors (Lipinski definition) is 0. The minimum atomic E-state index is -4.71. The average Bonchev–Trinajstić information content (AvgIpc) is 2.82. The summed E-state index contributed by atoms with van der Waals surface area (Å²) in [6, 6.07) is 6.37. The summed E-state index contributed by atoms with van der Waals surface area (Å²) in [7, 11) is -5.95. The van der Waals surface area contributed by atoms with E-state index in [1.807, 2.05) is 0 Å². The Hall–Kier alpha value is -0.470. The molecule has 1 rings (SSSR count). The molecule has 0 amide bonds. The number of ether oxygens (including phenoxy) is 1. The van der Waals surface area contributed by atoms with Crippen molar-refractivity contribution in [3.05, 3.63) is 41.7 Å². The molecule has 0 bridgehead atoms. The molecule has 0 spiro atoms. The molecule has 0 saturated heterocycles. The van der Waals surface area contributed by atoms with Gasteiger partial charge in [0.15, 0.2) is 9.84 Å². The molecule has 37 heavy (non-hydrogen) atoms. The molecule has 1 aromatic carbocycles.